The van der Waals surface area contributed by atoms with Gasteiger partial charge in [-0.2, -0.15) is 0 Å². The molecular weight excluding hydrogens is 346 g/mol. The highest BCUT2D eigenvalue weighted by Gasteiger charge is 2.61. The summed E-state index contributed by atoms with van der Waals surface area (Å²) in [5.74, 6) is -0.440. The molecule has 2 fully saturated rings. The Bertz CT molecular complexity index is 825. The van der Waals surface area contributed by atoms with Crippen LogP contribution < -0.4 is 0 Å². The van der Waals surface area contributed by atoms with E-state index in [0.717, 1.165) is 11.1 Å². The molecular formula is C21H21NO5. The summed E-state index contributed by atoms with van der Waals surface area (Å²) >= 11 is 0. The summed E-state index contributed by atoms with van der Waals surface area (Å²) in [5, 5.41) is 0. The second-order valence-corrected chi connectivity index (χ2v) is 6.93. The Morgan fingerprint density at radius 3 is 2.41 bits per heavy atom. The zero-order valence-corrected chi connectivity index (χ0v) is 15.0. The normalized spacial score (nSPS) is 27.1. The summed E-state index contributed by atoms with van der Waals surface area (Å²) in [7, 11) is 1.59. The van der Waals surface area contributed by atoms with Crippen molar-refractivity contribution in [3.63, 3.8) is 0 Å². The van der Waals surface area contributed by atoms with Crippen molar-refractivity contribution in [2.45, 2.75) is 24.1 Å². The number of fused-ring (bicyclic) bond motifs is 1. The number of nitrogens with zero attached hydrogens (tertiary/aromatic N) is 1. The van der Waals surface area contributed by atoms with Crippen LogP contribution in [0.15, 0.2) is 60.7 Å². The maximum absolute atomic E-state index is 12.7. The molecule has 0 unspecified atom stereocenters. The average molecular weight is 367 g/mol. The number of carbonyl (C=O) groups is 2. The van der Waals surface area contributed by atoms with Crippen LogP contribution >= 0.6 is 0 Å². The van der Waals surface area contributed by atoms with E-state index in [9.17, 15) is 9.59 Å². The van der Waals surface area contributed by atoms with Crippen LogP contribution in [0, 0.1) is 0 Å². The van der Waals surface area contributed by atoms with Crippen molar-refractivity contribution in [1.29, 1.82) is 0 Å². The van der Waals surface area contributed by atoms with Crippen LogP contribution in [0.2, 0.25) is 0 Å². The summed E-state index contributed by atoms with van der Waals surface area (Å²) in [6.45, 7) is 0.670. The Morgan fingerprint density at radius 2 is 1.74 bits per heavy atom. The third-order valence-corrected chi connectivity index (χ3v) is 5.29. The molecule has 0 spiro atoms. The van der Waals surface area contributed by atoms with Crippen LogP contribution in [-0.4, -0.2) is 49.4 Å². The van der Waals surface area contributed by atoms with Crippen molar-refractivity contribution in [2.75, 3.05) is 20.3 Å². The first-order valence-electron chi connectivity index (χ1n) is 8.88. The van der Waals surface area contributed by atoms with E-state index >= 15 is 0 Å². The number of cyclic esters (lactones) is 1. The zero-order chi connectivity index (χ0) is 18.9. The van der Waals surface area contributed by atoms with Gasteiger partial charge in [-0.15, -0.1) is 0 Å². The largest absolute Gasteiger partial charge is 0.463 e. The second kappa shape index (κ2) is 7.04. The molecule has 0 aliphatic carbocycles. The first kappa shape index (κ1) is 17.5. The maximum Gasteiger partial charge on any atom is 0.411 e. The third-order valence-electron chi connectivity index (χ3n) is 5.29. The van der Waals surface area contributed by atoms with Gasteiger partial charge in [0.05, 0.1) is 18.6 Å². The molecule has 2 aliphatic rings. The smallest absolute Gasteiger partial charge is 0.411 e. The minimum absolute atomic E-state index is 0.108. The van der Waals surface area contributed by atoms with E-state index < -0.39 is 29.6 Å². The average Bonchev–Trinajstić information content (AvgIpc) is 3.03. The third kappa shape index (κ3) is 2.96. The molecule has 0 radical (unpaired) electrons. The maximum atomic E-state index is 12.7. The van der Waals surface area contributed by atoms with Crippen LogP contribution in [0.25, 0.3) is 0 Å². The topological polar surface area (TPSA) is 65.1 Å². The SMILES string of the molecule is COC[C@]1(c2ccccc2)COC(=O)[C@H]2[C@@H]1OC(=O)N2Cc1ccccc1. The van der Waals surface area contributed by atoms with Gasteiger partial charge in [0.15, 0.2) is 12.1 Å². The Hall–Kier alpha value is -2.86. The molecule has 0 saturated carbocycles. The Morgan fingerprint density at radius 1 is 1.07 bits per heavy atom. The Kier molecular flexibility index (Phi) is 4.58. The molecule has 27 heavy (non-hydrogen) atoms. The van der Waals surface area contributed by atoms with Crippen molar-refractivity contribution in [3.05, 3.63) is 71.8 Å². The van der Waals surface area contributed by atoms with Crippen LogP contribution in [0.1, 0.15) is 11.1 Å². The lowest BCUT2D eigenvalue weighted by atomic mass is 9.72. The molecule has 140 valence electrons. The lowest BCUT2D eigenvalue weighted by Crippen LogP contribution is -2.61. The number of hydrogen-bond acceptors (Lipinski definition) is 5. The number of rotatable bonds is 5. The standard InChI is InChI=1S/C21H21NO5/c1-25-13-21(16-10-6-3-7-11-16)14-26-19(23)17-18(21)27-20(24)22(17)12-15-8-4-2-5-9-15/h2-11,17-18H,12-14H2,1H3/t17-,18+,21-/m1/s1. The Labute approximate surface area is 157 Å². The van der Waals surface area contributed by atoms with Gasteiger partial charge in [0.25, 0.3) is 0 Å². The van der Waals surface area contributed by atoms with Crippen LogP contribution in [0.5, 0.6) is 0 Å². The number of amides is 1. The molecule has 6 heteroatoms. The van der Waals surface area contributed by atoms with Gasteiger partial charge in [0, 0.05) is 7.11 Å². The first-order chi connectivity index (χ1) is 13.2. The number of methoxy groups -OCH3 is 1. The molecule has 2 aliphatic heterocycles. The molecule has 2 aromatic rings. The molecule has 6 nitrogen and oxygen atoms in total. The van der Waals surface area contributed by atoms with Gasteiger partial charge in [-0.1, -0.05) is 60.7 Å². The minimum Gasteiger partial charge on any atom is -0.463 e. The van der Waals surface area contributed by atoms with Gasteiger partial charge >= 0.3 is 12.1 Å². The van der Waals surface area contributed by atoms with E-state index in [1.165, 1.54) is 4.90 Å². The van der Waals surface area contributed by atoms with Crippen molar-refractivity contribution < 1.29 is 23.8 Å². The van der Waals surface area contributed by atoms with Gasteiger partial charge < -0.3 is 14.2 Å². The van der Waals surface area contributed by atoms with E-state index in [0.29, 0.717) is 0 Å². The van der Waals surface area contributed by atoms with Gasteiger partial charge in [-0.05, 0) is 11.1 Å². The van der Waals surface area contributed by atoms with E-state index in [4.69, 9.17) is 14.2 Å². The second-order valence-electron chi connectivity index (χ2n) is 6.93. The van der Waals surface area contributed by atoms with E-state index in [2.05, 4.69) is 0 Å². The number of benzene rings is 2. The summed E-state index contributed by atoms with van der Waals surface area (Å²) < 4.78 is 16.8. The Balaban J connectivity index is 1.72. The molecule has 0 aromatic heterocycles. The van der Waals surface area contributed by atoms with E-state index in [1.807, 2.05) is 60.7 Å². The molecule has 2 heterocycles. The number of ether oxygens (including phenoxy) is 3. The zero-order valence-electron chi connectivity index (χ0n) is 15.0. The molecule has 2 aromatic carbocycles. The van der Waals surface area contributed by atoms with Gasteiger partial charge in [-0.3, -0.25) is 4.90 Å². The molecule has 0 N–H and O–H groups in total. The number of carbonyl (C=O) groups excluding carboxylic acids is 2. The fourth-order valence-electron chi connectivity index (χ4n) is 3.98. The highest BCUT2D eigenvalue weighted by atomic mass is 16.6. The van der Waals surface area contributed by atoms with Gasteiger partial charge in [-0.25, -0.2) is 9.59 Å². The number of esters is 1. The highest BCUT2D eigenvalue weighted by Crippen LogP contribution is 2.42. The lowest BCUT2D eigenvalue weighted by molar-refractivity contribution is -0.166. The predicted molar refractivity (Wildman–Crippen MR) is 97.0 cm³/mol. The molecule has 0 bridgehead atoms. The fourth-order valence-corrected chi connectivity index (χ4v) is 3.98. The summed E-state index contributed by atoms with van der Waals surface area (Å²) in [6, 6.07) is 18.4. The van der Waals surface area contributed by atoms with Crippen molar-refractivity contribution in [3.8, 4) is 0 Å². The summed E-state index contributed by atoms with van der Waals surface area (Å²) in [5.41, 5.74) is 1.10. The van der Waals surface area contributed by atoms with Crippen LogP contribution in [0.4, 0.5) is 4.79 Å². The van der Waals surface area contributed by atoms with E-state index in [-0.39, 0.29) is 19.8 Å². The number of hydrogen-bond donors (Lipinski definition) is 0. The quantitative estimate of drug-likeness (QED) is 0.760. The molecule has 1 amide bonds. The lowest BCUT2D eigenvalue weighted by Gasteiger charge is -2.42. The minimum atomic E-state index is -0.804. The highest BCUT2D eigenvalue weighted by molar-refractivity contribution is 5.86. The fraction of sp³-hybridized carbons (Fsp3) is 0.333. The predicted octanol–water partition coefficient (Wildman–Crippen LogP) is 2.52. The van der Waals surface area contributed by atoms with Crippen molar-refractivity contribution in [2.24, 2.45) is 0 Å². The monoisotopic (exact) mass is 367 g/mol. The van der Waals surface area contributed by atoms with Gasteiger partial charge in [0.2, 0.25) is 0 Å². The van der Waals surface area contributed by atoms with E-state index in [1.54, 1.807) is 7.11 Å². The summed E-state index contributed by atoms with van der Waals surface area (Å²) in [6.07, 6.45) is -1.18. The van der Waals surface area contributed by atoms with Crippen molar-refractivity contribution >= 4 is 12.1 Å². The molecule has 2 saturated heterocycles. The van der Waals surface area contributed by atoms with Gasteiger partial charge in [0.1, 0.15) is 6.61 Å². The van der Waals surface area contributed by atoms with Crippen LogP contribution in [0.3, 0.4) is 0 Å². The summed E-state index contributed by atoms with van der Waals surface area (Å²) in [4.78, 5) is 26.7. The molecule has 4 rings (SSSR count). The molecule has 3 atom stereocenters. The first-order valence-corrected chi connectivity index (χ1v) is 8.88. The van der Waals surface area contributed by atoms with Crippen molar-refractivity contribution in [1.82, 2.24) is 4.90 Å². The van der Waals surface area contributed by atoms with Crippen LogP contribution in [-0.2, 0) is 31.0 Å².